The van der Waals surface area contributed by atoms with Crippen molar-refractivity contribution in [3.8, 4) is 0 Å². The molecule has 2 aromatic rings. The maximum absolute atomic E-state index is 11.5. The molecule has 1 aromatic carbocycles. The molecule has 0 saturated carbocycles. The number of rotatable bonds is 4. The molecule has 1 unspecified atom stereocenters. The summed E-state index contributed by atoms with van der Waals surface area (Å²) in [5.74, 6) is 0. The van der Waals surface area contributed by atoms with Crippen molar-refractivity contribution >= 4 is 9.84 Å². The van der Waals surface area contributed by atoms with Crippen LogP contribution in [0.4, 0.5) is 0 Å². The zero-order valence-corrected chi connectivity index (χ0v) is 11.8. The first kappa shape index (κ1) is 13.8. The summed E-state index contributed by atoms with van der Waals surface area (Å²) in [6.07, 6.45) is 3.62. The molecule has 6 heteroatoms. The third kappa shape index (κ3) is 3.42. The van der Waals surface area contributed by atoms with Crippen LogP contribution in [0.15, 0.2) is 41.4 Å². The SMILES string of the molecule is Cn1ccc(CC(N)c2cccc(S(C)(=O)=O)c2)n1. The van der Waals surface area contributed by atoms with Gasteiger partial charge < -0.3 is 5.73 Å². The fraction of sp³-hybridized carbons (Fsp3) is 0.308. The van der Waals surface area contributed by atoms with Crippen molar-refractivity contribution < 1.29 is 8.42 Å². The minimum atomic E-state index is -3.20. The van der Waals surface area contributed by atoms with E-state index in [0.29, 0.717) is 11.3 Å². The Kier molecular flexibility index (Phi) is 3.73. The first-order chi connectivity index (χ1) is 8.86. The molecule has 5 nitrogen and oxygen atoms in total. The maximum Gasteiger partial charge on any atom is 0.175 e. The van der Waals surface area contributed by atoms with Crippen LogP contribution in [-0.2, 0) is 23.3 Å². The van der Waals surface area contributed by atoms with Crippen LogP contribution in [-0.4, -0.2) is 24.5 Å². The van der Waals surface area contributed by atoms with Crippen molar-refractivity contribution in [2.24, 2.45) is 12.8 Å². The second kappa shape index (κ2) is 5.14. The molecule has 0 saturated heterocycles. The molecule has 2 rings (SSSR count). The van der Waals surface area contributed by atoms with E-state index in [-0.39, 0.29) is 6.04 Å². The molecule has 0 aliphatic carbocycles. The van der Waals surface area contributed by atoms with Gasteiger partial charge >= 0.3 is 0 Å². The number of hydrogen-bond acceptors (Lipinski definition) is 4. The molecular weight excluding hydrogens is 262 g/mol. The van der Waals surface area contributed by atoms with E-state index in [1.807, 2.05) is 25.4 Å². The average molecular weight is 279 g/mol. The Labute approximate surface area is 113 Å². The fourth-order valence-corrected chi connectivity index (χ4v) is 2.57. The lowest BCUT2D eigenvalue weighted by Gasteiger charge is -2.11. The van der Waals surface area contributed by atoms with Crippen LogP contribution in [0.1, 0.15) is 17.3 Å². The van der Waals surface area contributed by atoms with Gasteiger partial charge in [-0.1, -0.05) is 12.1 Å². The normalized spacial score (nSPS) is 13.4. The summed E-state index contributed by atoms with van der Waals surface area (Å²) in [7, 11) is -1.36. The molecule has 0 spiro atoms. The molecule has 0 radical (unpaired) electrons. The van der Waals surface area contributed by atoms with Crippen LogP contribution in [0.2, 0.25) is 0 Å². The quantitative estimate of drug-likeness (QED) is 0.908. The first-order valence-corrected chi connectivity index (χ1v) is 7.79. The van der Waals surface area contributed by atoms with E-state index in [1.54, 1.807) is 22.9 Å². The van der Waals surface area contributed by atoms with Crippen LogP contribution in [0.5, 0.6) is 0 Å². The van der Waals surface area contributed by atoms with Gasteiger partial charge in [-0.25, -0.2) is 8.42 Å². The molecule has 0 amide bonds. The predicted octanol–water partition coefficient (Wildman–Crippen LogP) is 1.07. The van der Waals surface area contributed by atoms with Gasteiger partial charge in [0.05, 0.1) is 10.6 Å². The van der Waals surface area contributed by atoms with Crippen LogP contribution in [0, 0.1) is 0 Å². The van der Waals surface area contributed by atoms with Gasteiger partial charge in [0, 0.05) is 32.0 Å². The molecular formula is C13H17N3O2S. The lowest BCUT2D eigenvalue weighted by atomic mass is 10.0. The second-order valence-electron chi connectivity index (χ2n) is 4.64. The molecule has 0 bridgehead atoms. The third-order valence-corrected chi connectivity index (χ3v) is 4.02. The van der Waals surface area contributed by atoms with Gasteiger partial charge in [0.1, 0.15) is 0 Å². The minimum Gasteiger partial charge on any atom is -0.324 e. The lowest BCUT2D eigenvalue weighted by Crippen LogP contribution is -2.14. The zero-order valence-electron chi connectivity index (χ0n) is 10.9. The monoisotopic (exact) mass is 279 g/mol. The zero-order chi connectivity index (χ0) is 14.0. The summed E-state index contributed by atoms with van der Waals surface area (Å²) in [5.41, 5.74) is 7.79. The molecule has 1 aromatic heterocycles. The summed E-state index contributed by atoms with van der Waals surface area (Å²) in [6.45, 7) is 0. The number of aryl methyl sites for hydroxylation is 1. The highest BCUT2D eigenvalue weighted by Crippen LogP contribution is 2.18. The smallest absolute Gasteiger partial charge is 0.175 e. The summed E-state index contributed by atoms with van der Waals surface area (Å²) < 4.78 is 24.7. The van der Waals surface area contributed by atoms with E-state index >= 15 is 0 Å². The Morgan fingerprint density at radius 3 is 2.68 bits per heavy atom. The number of benzene rings is 1. The topological polar surface area (TPSA) is 78.0 Å². The first-order valence-electron chi connectivity index (χ1n) is 5.90. The van der Waals surface area contributed by atoms with Crippen LogP contribution >= 0.6 is 0 Å². The van der Waals surface area contributed by atoms with Gasteiger partial charge in [-0.2, -0.15) is 5.10 Å². The molecule has 1 heterocycles. The number of sulfone groups is 1. The number of aromatic nitrogens is 2. The van der Waals surface area contributed by atoms with E-state index < -0.39 is 9.84 Å². The van der Waals surface area contributed by atoms with Gasteiger partial charge in [-0.05, 0) is 23.8 Å². The van der Waals surface area contributed by atoms with E-state index in [4.69, 9.17) is 5.73 Å². The van der Waals surface area contributed by atoms with E-state index in [0.717, 1.165) is 11.3 Å². The molecule has 102 valence electrons. The largest absolute Gasteiger partial charge is 0.324 e. The van der Waals surface area contributed by atoms with Crippen molar-refractivity contribution in [3.05, 3.63) is 47.8 Å². The van der Waals surface area contributed by atoms with Gasteiger partial charge in [0.25, 0.3) is 0 Å². The molecule has 0 fully saturated rings. The van der Waals surface area contributed by atoms with E-state index in [9.17, 15) is 8.42 Å². The number of nitrogens with zero attached hydrogens (tertiary/aromatic N) is 2. The van der Waals surface area contributed by atoms with Crippen molar-refractivity contribution in [2.45, 2.75) is 17.4 Å². The van der Waals surface area contributed by atoms with E-state index in [2.05, 4.69) is 5.10 Å². The van der Waals surface area contributed by atoms with Crippen molar-refractivity contribution in [1.29, 1.82) is 0 Å². The minimum absolute atomic E-state index is 0.267. The standard InChI is InChI=1S/C13H17N3O2S/c1-16-7-6-11(15-16)9-13(14)10-4-3-5-12(8-10)19(2,17)18/h3-8,13H,9,14H2,1-2H3. The Balaban J connectivity index is 2.22. The fourth-order valence-electron chi connectivity index (χ4n) is 1.89. The van der Waals surface area contributed by atoms with Crippen LogP contribution < -0.4 is 5.73 Å². The van der Waals surface area contributed by atoms with Crippen LogP contribution in [0.3, 0.4) is 0 Å². The highest BCUT2D eigenvalue weighted by Gasteiger charge is 2.12. The molecule has 2 N–H and O–H groups in total. The third-order valence-electron chi connectivity index (χ3n) is 2.91. The Morgan fingerprint density at radius 1 is 1.37 bits per heavy atom. The molecule has 0 aliphatic heterocycles. The maximum atomic E-state index is 11.5. The Morgan fingerprint density at radius 2 is 2.11 bits per heavy atom. The Hall–Kier alpha value is -1.66. The number of nitrogens with two attached hydrogens (primary N) is 1. The Bertz CT molecular complexity index is 677. The molecule has 1 atom stereocenters. The van der Waals surface area contributed by atoms with Crippen molar-refractivity contribution in [1.82, 2.24) is 9.78 Å². The van der Waals surface area contributed by atoms with Gasteiger partial charge in [-0.3, -0.25) is 4.68 Å². The van der Waals surface area contributed by atoms with Gasteiger partial charge in [-0.15, -0.1) is 0 Å². The summed E-state index contributed by atoms with van der Waals surface area (Å²) in [6, 6.07) is 8.39. The predicted molar refractivity (Wildman–Crippen MR) is 73.4 cm³/mol. The summed E-state index contributed by atoms with van der Waals surface area (Å²) >= 11 is 0. The lowest BCUT2D eigenvalue weighted by molar-refractivity contribution is 0.601. The number of hydrogen-bond donors (Lipinski definition) is 1. The second-order valence-corrected chi connectivity index (χ2v) is 6.65. The van der Waals surface area contributed by atoms with Crippen molar-refractivity contribution in [3.63, 3.8) is 0 Å². The van der Waals surface area contributed by atoms with Crippen molar-refractivity contribution in [2.75, 3.05) is 6.26 Å². The van der Waals surface area contributed by atoms with Gasteiger partial charge in [0.2, 0.25) is 0 Å². The molecule has 0 aliphatic rings. The highest BCUT2D eigenvalue weighted by molar-refractivity contribution is 7.90. The summed E-state index contributed by atoms with van der Waals surface area (Å²) in [4.78, 5) is 0.293. The molecule has 19 heavy (non-hydrogen) atoms. The van der Waals surface area contributed by atoms with Crippen LogP contribution in [0.25, 0.3) is 0 Å². The average Bonchev–Trinajstić information content (AvgIpc) is 2.74. The highest BCUT2D eigenvalue weighted by atomic mass is 32.2. The summed E-state index contributed by atoms with van der Waals surface area (Å²) in [5, 5.41) is 4.27. The van der Waals surface area contributed by atoms with Gasteiger partial charge in [0.15, 0.2) is 9.84 Å². The van der Waals surface area contributed by atoms with E-state index in [1.165, 1.54) is 6.26 Å².